The maximum atomic E-state index is 12.8. The van der Waals surface area contributed by atoms with Gasteiger partial charge in [0.1, 0.15) is 11.5 Å². The molecule has 0 aliphatic rings. The minimum Gasteiger partial charge on any atom is -0.495 e. The highest BCUT2D eigenvalue weighted by atomic mass is 16.5. The summed E-state index contributed by atoms with van der Waals surface area (Å²) in [5.41, 5.74) is 6.08. The Morgan fingerprint density at radius 3 is 1.20 bits per heavy atom. The molecule has 0 atom stereocenters. The lowest BCUT2D eigenvalue weighted by atomic mass is 10.0. The number of ether oxygens (including phenoxy) is 2. The van der Waals surface area contributed by atoms with Gasteiger partial charge >= 0.3 is 0 Å². The summed E-state index contributed by atoms with van der Waals surface area (Å²) in [6.07, 6.45) is 0. The number of hydrogen-bond donors (Lipinski definition) is 2. The molecule has 206 valence electrons. The Balaban J connectivity index is 1.41. The lowest BCUT2D eigenvalue weighted by Gasteiger charge is -2.17. The number of rotatable bonds is 9. The molecule has 0 aliphatic carbocycles. The topological polar surface area (TPSA) is 83.1 Å². The molecule has 0 radical (unpaired) electrons. The highest BCUT2D eigenvalue weighted by Crippen LogP contribution is 2.31. The molecular weight excluding hydrogens is 504 g/mol. The molecule has 8 nitrogen and oxygen atoms in total. The first kappa shape index (κ1) is 28.0. The zero-order chi connectivity index (χ0) is 28.8. The predicted molar refractivity (Wildman–Crippen MR) is 162 cm³/mol. The van der Waals surface area contributed by atoms with Crippen molar-refractivity contribution in [1.82, 2.24) is 0 Å². The van der Waals surface area contributed by atoms with Gasteiger partial charge in [-0.1, -0.05) is 24.3 Å². The van der Waals surface area contributed by atoms with Crippen LogP contribution >= 0.6 is 0 Å². The summed E-state index contributed by atoms with van der Waals surface area (Å²) in [4.78, 5) is 29.5. The van der Waals surface area contributed by atoms with Gasteiger partial charge in [-0.3, -0.25) is 9.59 Å². The molecule has 4 rings (SSSR count). The van der Waals surface area contributed by atoms with Crippen molar-refractivity contribution in [2.45, 2.75) is 0 Å². The first-order chi connectivity index (χ1) is 19.2. The van der Waals surface area contributed by atoms with Crippen molar-refractivity contribution in [1.29, 1.82) is 0 Å². The smallest absolute Gasteiger partial charge is 0.255 e. The fraction of sp³-hybridized carbons (Fsp3) is 0.188. The molecular formula is C32H34N4O4. The minimum absolute atomic E-state index is 0.214. The summed E-state index contributed by atoms with van der Waals surface area (Å²) in [6.45, 7) is 0. The molecule has 4 aromatic rings. The van der Waals surface area contributed by atoms with E-state index in [0.29, 0.717) is 34.0 Å². The fourth-order valence-corrected chi connectivity index (χ4v) is 4.28. The molecule has 0 bridgehead atoms. The van der Waals surface area contributed by atoms with Gasteiger partial charge in [-0.2, -0.15) is 0 Å². The van der Waals surface area contributed by atoms with Crippen LogP contribution in [-0.2, 0) is 0 Å². The first-order valence-corrected chi connectivity index (χ1v) is 12.7. The van der Waals surface area contributed by atoms with Crippen LogP contribution in [0.15, 0.2) is 84.9 Å². The van der Waals surface area contributed by atoms with Crippen LogP contribution in [0.4, 0.5) is 22.7 Å². The van der Waals surface area contributed by atoms with E-state index < -0.39 is 0 Å². The second-order valence-electron chi connectivity index (χ2n) is 9.63. The summed E-state index contributed by atoms with van der Waals surface area (Å²) in [5, 5.41) is 5.84. The molecule has 0 saturated heterocycles. The molecule has 0 aliphatic heterocycles. The monoisotopic (exact) mass is 538 g/mol. The third kappa shape index (κ3) is 6.35. The van der Waals surface area contributed by atoms with Crippen molar-refractivity contribution in [2.75, 3.05) is 62.8 Å². The predicted octanol–water partition coefficient (Wildman–Crippen LogP) is 6.01. The average Bonchev–Trinajstić information content (AvgIpc) is 2.96. The Labute approximate surface area is 235 Å². The van der Waals surface area contributed by atoms with Gasteiger partial charge in [-0.15, -0.1) is 0 Å². The number of nitrogens with zero attached hydrogens (tertiary/aromatic N) is 2. The minimum atomic E-state index is -0.214. The zero-order valence-corrected chi connectivity index (χ0v) is 23.6. The summed E-state index contributed by atoms with van der Waals surface area (Å²) < 4.78 is 10.9. The maximum Gasteiger partial charge on any atom is 0.255 e. The number of benzene rings is 4. The van der Waals surface area contributed by atoms with Gasteiger partial charge in [-0.05, 0) is 59.7 Å². The van der Waals surface area contributed by atoms with Crippen LogP contribution in [0.3, 0.4) is 0 Å². The Kier molecular flexibility index (Phi) is 8.59. The van der Waals surface area contributed by atoms with Crippen LogP contribution in [-0.4, -0.2) is 54.2 Å². The van der Waals surface area contributed by atoms with Crippen molar-refractivity contribution in [2.24, 2.45) is 0 Å². The number of carbonyl (C=O) groups excluding carboxylic acids is 2. The van der Waals surface area contributed by atoms with Gasteiger partial charge in [-0.25, -0.2) is 0 Å². The molecule has 0 spiro atoms. The van der Waals surface area contributed by atoms with Crippen molar-refractivity contribution < 1.29 is 19.1 Å². The number of carbonyl (C=O) groups is 2. The molecule has 0 saturated carbocycles. The molecule has 0 aromatic heterocycles. The van der Waals surface area contributed by atoms with Crippen molar-refractivity contribution in [3.05, 3.63) is 96.1 Å². The second kappa shape index (κ2) is 12.3. The largest absolute Gasteiger partial charge is 0.495 e. The van der Waals surface area contributed by atoms with Gasteiger partial charge < -0.3 is 29.9 Å². The third-order valence-electron chi connectivity index (χ3n) is 6.47. The van der Waals surface area contributed by atoms with E-state index in [1.807, 2.05) is 86.5 Å². The Hall–Kier alpha value is -4.98. The van der Waals surface area contributed by atoms with Crippen LogP contribution in [0, 0.1) is 0 Å². The quantitative estimate of drug-likeness (QED) is 0.272. The van der Waals surface area contributed by atoms with Gasteiger partial charge in [0, 0.05) is 62.8 Å². The SMILES string of the molecule is COc1cc(NC(=O)c2ccc(-c3ccc(C(=O)Nc4ccc(N(C)C)c(OC)c4)cc3)cc2)ccc1N(C)C. The normalized spacial score (nSPS) is 10.4. The fourth-order valence-electron chi connectivity index (χ4n) is 4.28. The number of anilines is 4. The number of methoxy groups -OCH3 is 2. The van der Waals surface area contributed by atoms with E-state index in [-0.39, 0.29) is 11.8 Å². The molecule has 2 N–H and O–H groups in total. The van der Waals surface area contributed by atoms with Crippen LogP contribution in [0.5, 0.6) is 11.5 Å². The highest BCUT2D eigenvalue weighted by molar-refractivity contribution is 6.05. The third-order valence-corrected chi connectivity index (χ3v) is 6.47. The maximum absolute atomic E-state index is 12.8. The van der Waals surface area contributed by atoms with Crippen molar-refractivity contribution in [3.63, 3.8) is 0 Å². The number of nitrogens with one attached hydrogen (secondary N) is 2. The molecule has 0 heterocycles. The zero-order valence-electron chi connectivity index (χ0n) is 23.6. The summed E-state index contributed by atoms with van der Waals surface area (Å²) in [7, 11) is 10.9. The van der Waals surface area contributed by atoms with Crippen LogP contribution < -0.4 is 29.9 Å². The van der Waals surface area contributed by atoms with E-state index >= 15 is 0 Å². The van der Waals surface area contributed by atoms with E-state index in [4.69, 9.17) is 9.47 Å². The lowest BCUT2D eigenvalue weighted by Crippen LogP contribution is -2.13. The summed E-state index contributed by atoms with van der Waals surface area (Å²) in [6, 6.07) is 25.8. The van der Waals surface area contributed by atoms with Crippen LogP contribution in [0.1, 0.15) is 20.7 Å². The average molecular weight is 539 g/mol. The van der Waals surface area contributed by atoms with Gasteiger partial charge in [0.05, 0.1) is 25.6 Å². The van der Waals surface area contributed by atoms with E-state index in [1.54, 1.807) is 50.6 Å². The van der Waals surface area contributed by atoms with E-state index in [9.17, 15) is 9.59 Å². The van der Waals surface area contributed by atoms with E-state index in [1.165, 1.54) is 0 Å². The van der Waals surface area contributed by atoms with Gasteiger partial charge in [0.25, 0.3) is 11.8 Å². The van der Waals surface area contributed by atoms with Crippen molar-refractivity contribution in [3.8, 4) is 22.6 Å². The number of hydrogen-bond acceptors (Lipinski definition) is 6. The Bertz CT molecular complexity index is 1380. The van der Waals surface area contributed by atoms with Gasteiger partial charge in [0.2, 0.25) is 0 Å². The van der Waals surface area contributed by atoms with Crippen LogP contribution in [0.25, 0.3) is 11.1 Å². The summed E-state index contributed by atoms with van der Waals surface area (Å²) in [5.74, 6) is 0.927. The Morgan fingerprint density at radius 1 is 0.550 bits per heavy atom. The molecule has 0 fully saturated rings. The molecule has 4 aromatic carbocycles. The van der Waals surface area contributed by atoms with Crippen molar-refractivity contribution >= 4 is 34.6 Å². The first-order valence-electron chi connectivity index (χ1n) is 12.7. The van der Waals surface area contributed by atoms with Gasteiger partial charge in [0.15, 0.2) is 0 Å². The van der Waals surface area contributed by atoms with E-state index in [0.717, 1.165) is 22.5 Å². The molecule has 40 heavy (non-hydrogen) atoms. The lowest BCUT2D eigenvalue weighted by molar-refractivity contribution is 0.101. The van der Waals surface area contributed by atoms with E-state index in [2.05, 4.69) is 10.6 Å². The van der Waals surface area contributed by atoms with Crippen LogP contribution in [0.2, 0.25) is 0 Å². The summed E-state index contributed by atoms with van der Waals surface area (Å²) >= 11 is 0. The second-order valence-corrected chi connectivity index (χ2v) is 9.63. The number of amides is 2. The molecule has 0 unspecified atom stereocenters. The molecule has 2 amide bonds. The standard InChI is InChI=1S/C32H34N4O4/c1-35(2)27-17-15-25(19-29(27)39-5)33-31(37)23-11-7-21(8-12-23)22-9-13-24(14-10-22)32(38)34-26-16-18-28(36(3)4)30(20-26)40-6/h7-20H,1-6H3,(H,33,37)(H,34,38). The Morgan fingerprint density at radius 2 is 0.900 bits per heavy atom. The molecule has 8 heteroatoms. The highest BCUT2D eigenvalue weighted by Gasteiger charge is 2.12.